The molecule has 0 N–H and O–H groups in total. The number of pyridine rings is 1. The maximum Gasteiger partial charge on any atom is 0.255 e. The Morgan fingerprint density at radius 3 is 2.32 bits per heavy atom. The third-order valence-corrected chi connectivity index (χ3v) is 5.48. The zero-order valence-electron chi connectivity index (χ0n) is 15.8. The number of ketones is 1. The van der Waals surface area contributed by atoms with E-state index in [0.29, 0.717) is 43.7 Å². The number of aromatic nitrogens is 1. The number of benzene rings is 1. The first kappa shape index (κ1) is 18.3. The number of Topliss-reactive ketones (excluding diaryl/α,β-unsaturated/α-hetero) is 1. The van der Waals surface area contributed by atoms with E-state index in [-0.39, 0.29) is 17.6 Å². The van der Waals surface area contributed by atoms with Gasteiger partial charge in [0.15, 0.2) is 5.78 Å². The third kappa shape index (κ3) is 3.67. The van der Waals surface area contributed by atoms with E-state index in [1.807, 2.05) is 11.0 Å². The number of aryl methyl sites for hydroxylation is 1. The van der Waals surface area contributed by atoms with Gasteiger partial charge in [-0.2, -0.15) is 0 Å². The summed E-state index contributed by atoms with van der Waals surface area (Å²) in [7, 11) is 0. The van der Waals surface area contributed by atoms with Gasteiger partial charge in [0.25, 0.3) is 11.8 Å². The van der Waals surface area contributed by atoms with Crippen molar-refractivity contribution < 1.29 is 14.4 Å². The van der Waals surface area contributed by atoms with Crippen LogP contribution >= 0.6 is 0 Å². The predicted octanol–water partition coefficient (Wildman–Crippen LogP) is 2.59. The molecule has 0 spiro atoms. The maximum atomic E-state index is 13.0. The molecule has 0 saturated carbocycles. The summed E-state index contributed by atoms with van der Waals surface area (Å²) >= 11 is 0. The molecule has 1 aliphatic carbocycles. The lowest BCUT2D eigenvalue weighted by Crippen LogP contribution is -2.37. The summed E-state index contributed by atoms with van der Waals surface area (Å²) in [5, 5.41) is 0. The predicted molar refractivity (Wildman–Crippen MR) is 104 cm³/mol. The van der Waals surface area contributed by atoms with E-state index in [9.17, 15) is 14.4 Å². The van der Waals surface area contributed by atoms with Gasteiger partial charge < -0.3 is 9.80 Å². The minimum Gasteiger partial charge on any atom is -0.337 e. The molecular formula is C22H23N3O3. The maximum absolute atomic E-state index is 13.0. The Kier molecular flexibility index (Phi) is 5.19. The molecule has 2 aliphatic rings. The lowest BCUT2D eigenvalue weighted by Gasteiger charge is -2.23. The van der Waals surface area contributed by atoms with Crippen molar-refractivity contribution in [2.75, 3.05) is 26.2 Å². The second-order valence-corrected chi connectivity index (χ2v) is 7.33. The second-order valence-electron chi connectivity index (χ2n) is 7.33. The number of carbonyl (C=O) groups excluding carboxylic acids is 3. The molecule has 1 aromatic heterocycles. The molecule has 0 unspecified atom stereocenters. The van der Waals surface area contributed by atoms with Crippen molar-refractivity contribution in [3.05, 3.63) is 65.0 Å². The zero-order valence-corrected chi connectivity index (χ0v) is 15.8. The van der Waals surface area contributed by atoms with Crippen LogP contribution in [0.1, 0.15) is 55.9 Å². The van der Waals surface area contributed by atoms with E-state index >= 15 is 0 Å². The normalized spacial score (nSPS) is 17.1. The minimum atomic E-state index is -0.0466. The Balaban J connectivity index is 1.45. The van der Waals surface area contributed by atoms with Crippen LogP contribution < -0.4 is 0 Å². The van der Waals surface area contributed by atoms with Crippen LogP contribution in [0.2, 0.25) is 0 Å². The first-order valence-corrected chi connectivity index (χ1v) is 9.78. The monoisotopic (exact) mass is 377 g/mol. The van der Waals surface area contributed by atoms with Crippen molar-refractivity contribution in [1.29, 1.82) is 0 Å². The van der Waals surface area contributed by atoms with Crippen molar-refractivity contribution in [3.63, 3.8) is 0 Å². The molecule has 0 radical (unpaired) electrons. The van der Waals surface area contributed by atoms with Gasteiger partial charge in [0.2, 0.25) is 0 Å². The first-order chi connectivity index (χ1) is 13.6. The van der Waals surface area contributed by atoms with Crippen LogP contribution in [0.4, 0.5) is 0 Å². The molecule has 1 fully saturated rings. The van der Waals surface area contributed by atoms with Crippen molar-refractivity contribution >= 4 is 17.6 Å². The molecule has 1 saturated heterocycles. The lowest BCUT2D eigenvalue weighted by atomic mass is 9.89. The molecule has 4 rings (SSSR count). The summed E-state index contributed by atoms with van der Waals surface area (Å²) in [4.78, 5) is 45.2. The third-order valence-electron chi connectivity index (χ3n) is 5.48. The Morgan fingerprint density at radius 2 is 1.61 bits per heavy atom. The number of fused-ring (bicyclic) bond motifs is 1. The summed E-state index contributed by atoms with van der Waals surface area (Å²) in [6, 6.07) is 8.94. The number of hydrogen-bond donors (Lipinski definition) is 0. The summed E-state index contributed by atoms with van der Waals surface area (Å²) in [6.07, 6.45) is 6.24. The van der Waals surface area contributed by atoms with Gasteiger partial charge in [-0.05, 0) is 49.1 Å². The second kappa shape index (κ2) is 7.92. The Labute approximate surface area is 164 Å². The van der Waals surface area contributed by atoms with Crippen LogP contribution in [-0.2, 0) is 6.42 Å². The van der Waals surface area contributed by atoms with Gasteiger partial charge >= 0.3 is 0 Å². The van der Waals surface area contributed by atoms with E-state index in [0.717, 1.165) is 30.4 Å². The van der Waals surface area contributed by atoms with E-state index in [1.54, 1.807) is 41.6 Å². The zero-order chi connectivity index (χ0) is 19.5. The number of nitrogens with zero attached hydrogens (tertiary/aromatic N) is 3. The van der Waals surface area contributed by atoms with E-state index in [2.05, 4.69) is 4.98 Å². The van der Waals surface area contributed by atoms with E-state index < -0.39 is 0 Å². The van der Waals surface area contributed by atoms with Gasteiger partial charge in [-0.15, -0.1) is 0 Å². The SMILES string of the molecule is O=C1CCCc2cc(C(=O)N3CCCN(C(=O)c4cccnc4)CC3)ccc21. The molecule has 0 bridgehead atoms. The molecule has 2 aromatic rings. The summed E-state index contributed by atoms with van der Waals surface area (Å²) in [6.45, 7) is 2.24. The van der Waals surface area contributed by atoms with Crippen LogP contribution in [0.15, 0.2) is 42.7 Å². The standard InChI is InChI=1S/C22H23N3O3/c26-20-6-1-4-16-14-17(7-8-19(16)20)21(27)24-10-3-11-25(13-12-24)22(28)18-5-2-9-23-15-18/h2,5,7-9,14-15H,1,3-4,6,10-13H2. The molecular weight excluding hydrogens is 354 g/mol. The molecule has 6 heteroatoms. The molecule has 2 amide bonds. The van der Waals surface area contributed by atoms with Gasteiger partial charge in [-0.1, -0.05) is 6.07 Å². The Hall–Kier alpha value is -3.02. The number of amides is 2. The van der Waals surface area contributed by atoms with Gasteiger partial charge in [0, 0.05) is 56.1 Å². The van der Waals surface area contributed by atoms with Crippen molar-refractivity contribution in [3.8, 4) is 0 Å². The Bertz CT molecular complexity index is 910. The number of rotatable bonds is 2. The van der Waals surface area contributed by atoms with E-state index in [1.165, 1.54) is 0 Å². The summed E-state index contributed by atoms with van der Waals surface area (Å²) in [5.74, 6) is 0.0887. The van der Waals surface area contributed by atoms with Crippen LogP contribution in [0.3, 0.4) is 0 Å². The lowest BCUT2D eigenvalue weighted by molar-refractivity contribution is 0.0718. The van der Waals surface area contributed by atoms with Crippen LogP contribution in [-0.4, -0.2) is 58.6 Å². The topological polar surface area (TPSA) is 70.6 Å². The highest BCUT2D eigenvalue weighted by atomic mass is 16.2. The molecule has 1 aliphatic heterocycles. The summed E-state index contributed by atoms with van der Waals surface area (Å²) < 4.78 is 0. The first-order valence-electron chi connectivity index (χ1n) is 9.78. The quantitative estimate of drug-likeness (QED) is 0.807. The Morgan fingerprint density at radius 1 is 0.857 bits per heavy atom. The summed E-state index contributed by atoms with van der Waals surface area (Å²) in [5.41, 5.74) is 2.93. The fraction of sp³-hybridized carbons (Fsp3) is 0.364. The van der Waals surface area contributed by atoms with Crippen LogP contribution in [0.5, 0.6) is 0 Å². The molecule has 1 aromatic carbocycles. The average molecular weight is 377 g/mol. The fourth-order valence-corrected chi connectivity index (χ4v) is 3.96. The molecule has 6 nitrogen and oxygen atoms in total. The smallest absolute Gasteiger partial charge is 0.255 e. The highest BCUT2D eigenvalue weighted by Gasteiger charge is 2.25. The van der Waals surface area contributed by atoms with Gasteiger partial charge in [0.1, 0.15) is 0 Å². The molecule has 144 valence electrons. The van der Waals surface area contributed by atoms with Crippen LogP contribution in [0, 0.1) is 0 Å². The van der Waals surface area contributed by atoms with Gasteiger partial charge in [0.05, 0.1) is 5.56 Å². The van der Waals surface area contributed by atoms with Crippen molar-refractivity contribution in [2.24, 2.45) is 0 Å². The van der Waals surface area contributed by atoms with Gasteiger partial charge in [-0.3, -0.25) is 19.4 Å². The molecule has 2 heterocycles. The fourth-order valence-electron chi connectivity index (χ4n) is 3.96. The molecule has 28 heavy (non-hydrogen) atoms. The minimum absolute atomic E-state index is 0.0310. The highest BCUT2D eigenvalue weighted by molar-refractivity contribution is 6.01. The average Bonchev–Trinajstić information content (AvgIpc) is 2.99. The van der Waals surface area contributed by atoms with Crippen molar-refractivity contribution in [1.82, 2.24) is 14.8 Å². The molecule has 0 atom stereocenters. The number of hydrogen-bond acceptors (Lipinski definition) is 4. The highest BCUT2D eigenvalue weighted by Crippen LogP contribution is 2.23. The van der Waals surface area contributed by atoms with Gasteiger partial charge in [-0.25, -0.2) is 0 Å². The largest absolute Gasteiger partial charge is 0.337 e. The van der Waals surface area contributed by atoms with Crippen LogP contribution in [0.25, 0.3) is 0 Å². The van der Waals surface area contributed by atoms with E-state index in [4.69, 9.17) is 0 Å². The number of carbonyl (C=O) groups is 3. The van der Waals surface area contributed by atoms with Crippen molar-refractivity contribution in [2.45, 2.75) is 25.7 Å².